The average Bonchev–Trinajstić information content (AvgIpc) is 3.16. The molecule has 1 aromatic carbocycles. The molecule has 2 aliphatic rings. The van der Waals surface area contributed by atoms with Crippen molar-refractivity contribution in [1.82, 2.24) is 4.90 Å². The minimum absolute atomic E-state index is 0.00972. The molecule has 1 aromatic rings. The van der Waals surface area contributed by atoms with Crippen molar-refractivity contribution in [3.05, 3.63) is 39.4 Å². The second-order valence-corrected chi connectivity index (χ2v) is 6.62. The quantitative estimate of drug-likeness (QED) is 0.502. The van der Waals surface area contributed by atoms with Crippen LogP contribution in [0.15, 0.2) is 18.2 Å². The summed E-state index contributed by atoms with van der Waals surface area (Å²) in [7, 11) is 0. The fourth-order valence-corrected chi connectivity index (χ4v) is 3.83. The fraction of sp³-hybridized carbons (Fsp3) is 0.529. The minimum Gasteiger partial charge on any atom is -0.462 e. The first-order chi connectivity index (χ1) is 11.9. The highest BCUT2D eigenvalue weighted by molar-refractivity contribution is 5.99. The summed E-state index contributed by atoms with van der Waals surface area (Å²) >= 11 is 0. The molecule has 1 heterocycles. The Morgan fingerprint density at radius 3 is 2.64 bits per heavy atom. The van der Waals surface area contributed by atoms with Crippen molar-refractivity contribution < 1.29 is 19.2 Å². The Balaban J connectivity index is 1.87. The van der Waals surface area contributed by atoms with E-state index in [2.05, 4.69) is 0 Å². The molecular formula is C17H21N3O5. The van der Waals surface area contributed by atoms with Gasteiger partial charge in [0.05, 0.1) is 17.1 Å². The molecule has 8 nitrogen and oxygen atoms in total. The number of nitro benzene ring substituents is 1. The Hall–Kier alpha value is -2.48. The van der Waals surface area contributed by atoms with Crippen molar-refractivity contribution in [1.29, 1.82) is 0 Å². The van der Waals surface area contributed by atoms with Crippen LogP contribution in [0, 0.1) is 22.0 Å². The normalized spacial score (nSPS) is 24.9. The van der Waals surface area contributed by atoms with Gasteiger partial charge in [0.1, 0.15) is 0 Å². The number of nitrogens with zero attached hydrogens (tertiary/aromatic N) is 2. The second-order valence-electron chi connectivity index (χ2n) is 6.62. The molecule has 1 saturated heterocycles. The molecule has 3 rings (SSSR count). The first-order valence-electron chi connectivity index (χ1n) is 8.42. The fourth-order valence-electron chi connectivity index (χ4n) is 3.83. The third-order valence-electron chi connectivity index (χ3n) is 5.09. The van der Waals surface area contributed by atoms with Gasteiger partial charge in [-0.3, -0.25) is 14.9 Å². The Morgan fingerprint density at radius 1 is 1.28 bits per heavy atom. The lowest BCUT2D eigenvalue weighted by Crippen LogP contribution is -2.33. The van der Waals surface area contributed by atoms with E-state index >= 15 is 0 Å². The number of esters is 1. The topological polar surface area (TPSA) is 116 Å². The number of non-ortho nitro benzene ring substituents is 1. The van der Waals surface area contributed by atoms with Crippen LogP contribution in [0.3, 0.4) is 0 Å². The number of rotatable bonds is 4. The van der Waals surface area contributed by atoms with E-state index in [1.807, 2.05) is 0 Å². The van der Waals surface area contributed by atoms with Gasteiger partial charge in [-0.2, -0.15) is 0 Å². The molecule has 134 valence electrons. The van der Waals surface area contributed by atoms with Gasteiger partial charge in [-0.05, 0) is 37.7 Å². The first-order valence-corrected chi connectivity index (χ1v) is 8.42. The summed E-state index contributed by atoms with van der Waals surface area (Å²) in [6.45, 7) is 2.96. The van der Waals surface area contributed by atoms with E-state index in [9.17, 15) is 19.7 Å². The van der Waals surface area contributed by atoms with Crippen LogP contribution in [0.4, 0.5) is 5.69 Å². The van der Waals surface area contributed by atoms with Crippen LogP contribution in [0.5, 0.6) is 0 Å². The van der Waals surface area contributed by atoms with Crippen LogP contribution >= 0.6 is 0 Å². The SMILES string of the molecule is CCOC(=O)c1cc(C(=O)N2CC3CCC(N)C3C2)cc([N+](=O)[O-])c1. The number of fused-ring (bicyclic) bond motifs is 1. The lowest BCUT2D eigenvalue weighted by molar-refractivity contribution is -0.384. The smallest absolute Gasteiger partial charge is 0.338 e. The van der Waals surface area contributed by atoms with Crippen LogP contribution in [0.25, 0.3) is 0 Å². The van der Waals surface area contributed by atoms with Crippen LogP contribution < -0.4 is 5.73 Å². The van der Waals surface area contributed by atoms with Gasteiger partial charge in [0.25, 0.3) is 11.6 Å². The zero-order valence-corrected chi connectivity index (χ0v) is 14.0. The molecule has 25 heavy (non-hydrogen) atoms. The van der Waals surface area contributed by atoms with Crippen LogP contribution in [-0.4, -0.2) is 47.4 Å². The van der Waals surface area contributed by atoms with Crippen LogP contribution in [0.2, 0.25) is 0 Å². The van der Waals surface area contributed by atoms with E-state index in [1.165, 1.54) is 12.1 Å². The average molecular weight is 347 g/mol. The third kappa shape index (κ3) is 3.34. The monoisotopic (exact) mass is 347 g/mol. The summed E-state index contributed by atoms with van der Waals surface area (Å²) in [5, 5.41) is 11.1. The largest absolute Gasteiger partial charge is 0.462 e. The standard InChI is InChI=1S/C17H21N3O5/c1-2-25-17(22)12-5-11(6-13(7-12)20(23)24)16(21)19-8-10-3-4-15(18)14(10)9-19/h5-7,10,14-15H,2-4,8-9,18H2,1H3. The molecule has 2 N–H and O–H groups in total. The van der Waals surface area contributed by atoms with Crippen molar-refractivity contribution in [2.75, 3.05) is 19.7 Å². The van der Waals surface area contributed by atoms with Crippen molar-refractivity contribution in [2.45, 2.75) is 25.8 Å². The van der Waals surface area contributed by atoms with Gasteiger partial charge in [-0.25, -0.2) is 4.79 Å². The van der Waals surface area contributed by atoms with Crippen LogP contribution in [0.1, 0.15) is 40.5 Å². The van der Waals surface area contributed by atoms with Crippen molar-refractivity contribution in [3.63, 3.8) is 0 Å². The lowest BCUT2D eigenvalue weighted by Gasteiger charge is -2.19. The number of ether oxygens (including phenoxy) is 1. The number of benzene rings is 1. The first kappa shape index (κ1) is 17.3. The molecule has 1 aliphatic carbocycles. The van der Waals surface area contributed by atoms with Gasteiger partial charge in [0.15, 0.2) is 0 Å². The molecule has 0 radical (unpaired) electrons. The van der Waals surface area contributed by atoms with E-state index < -0.39 is 10.9 Å². The number of carbonyl (C=O) groups excluding carboxylic acids is 2. The maximum atomic E-state index is 12.8. The number of amides is 1. The third-order valence-corrected chi connectivity index (χ3v) is 5.09. The predicted molar refractivity (Wildman–Crippen MR) is 89.1 cm³/mol. The molecule has 3 atom stereocenters. The Bertz CT molecular complexity index is 720. The van der Waals surface area contributed by atoms with E-state index in [4.69, 9.17) is 10.5 Å². The Morgan fingerprint density at radius 2 is 2.00 bits per heavy atom. The Kier molecular flexibility index (Phi) is 4.71. The molecule has 0 bridgehead atoms. The zero-order chi connectivity index (χ0) is 18.1. The van der Waals surface area contributed by atoms with E-state index in [1.54, 1.807) is 11.8 Å². The highest BCUT2D eigenvalue weighted by Crippen LogP contribution is 2.37. The molecule has 2 fully saturated rings. The summed E-state index contributed by atoms with van der Waals surface area (Å²) in [5.41, 5.74) is 5.93. The van der Waals surface area contributed by atoms with Crippen molar-refractivity contribution >= 4 is 17.6 Å². The summed E-state index contributed by atoms with van der Waals surface area (Å²) in [6, 6.07) is 3.80. The number of hydrogen-bond donors (Lipinski definition) is 1. The van der Waals surface area contributed by atoms with Crippen LogP contribution in [-0.2, 0) is 4.74 Å². The molecule has 1 saturated carbocycles. The molecule has 0 aromatic heterocycles. The van der Waals surface area contributed by atoms with Gasteiger partial charge in [0, 0.05) is 36.8 Å². The summed E-state index contributed by atoms with van der Waals surface area (Å²) in [5.74, 6) is -0.314. The van der Waals surface area contributed by atoms with Gasteiger partial charge < -0.3 is 15.4 Å². The number of carbonyl (C=O) groups is 2. The summed E-state index contributed by atoms with van der Waals surface area (Å²) < 4.78 is 4.89. The highest BCUT2D eigenvalue weighted by Gasteiger charge is 2.42. The van der Waals surface area contributed by atoms with E-state index in [-0.39, 0.29) is 41.3 Å². The summed E-state index contributed by atoms with van der Waals surface area (Å²) in [6.07, 6.45) is 1.97. The maximum absolute atomic E-state index is 12.8. The molecule has 8 heteroatoms. The number of hydrogen-bond acceptors (Lipinski definition) is 6. The van der Waals surface area contributed by atoms with E-state index in [0.29, 0.717) is 19.0 Å². The minimum atomic E-state index is -0.680. The Labute approximate surface area is 145 Å². The lowest BCUT2D eigenvalue weighted by atomic mass is 9.98. The molecule has 0 spiro atoms. The van der Waals surface area contributed by atoms with Gasteiger partial charge in [-0.15, -0.1) is 0 Å². The molecule has 1 aliphatic heterocycles. The van der Waals surface area contributed by atoms with Gasteiger partial charge in [-0.1, -0.05) is 0 Å². The second kappa shape index (κ2) is 6.79. The highest BCUT2D eigenvalue weighted by atomic mass is 16.6. The van der Waals surface area contributed by atoms with Crippen molar-refractivity contribution in [2.24, 2.45) is 17.6 Å². The molecule has 3 unspecified atom stereocenters. The molecular weight excluding hydrogens is 326 g/mol. The maximum Gasteiger partial charge on any atom is 0.338 e. The number of nitrogens with two attached hydrogens (primary N) is 1. The van der Waals surface area contributed by atoms with Crippen molar-refractivity contribution in [3.8, 4) is 0 Å². The number of likely N-dealkylation sites (tertiary alicyclic amines) is 1. The summed E-state index contributed by atoms with van der Waals surface area (Å²) in [4.78, 5) is 36.9. The predicted octanol–water partition coefficient (Wildman–Crippen LogP) is 1.58. The zero-order valence-electron chi connectivity index (χ0n) is 14.0. The van der Waals surface area contributed by atoms with Gasteiger partial charge >= 0.3 is 5.97 Å². The number of nitro groups is 1. The van der Waals surface area contributed by atoms with E-state index in [0.717, 1.165) is 18.9 Å². The molecule has 1 amide bonds. The van der Waals surface area contributed by atoms with Gasteiger partial charge in [0.2, 0.25) is 0 Å².